The largest absolute Gasteiger partial charge is 0.497 e. The second-order valence-corrected chi connectivity index (χ2v) is 8.41. The molecular weight excluding hydrogens is 446 g/mol. The molecule has 0 saturated carbocycles. The van der Waals surface area contributed by atoms with Crippen molar-refractivity contribution in [2.24, 2.45) is 0 Å². The van der Waals surface area contributed by atoms with Crippen LogP contribution in [0.25, 0.3) is 22.3 Å². The number of aromatic nitrogens is 4. The molecule has 2 aromatic heterocycles. The molecule has 8 nitrogen and oxygen atoms in total. The lowest BCUT2D eigenvalue weighted by atomic mass is 10.0. The number of aromatic amines is 2. The SMILES string of the molecule is COc1ccc2nc(SCc3cc(-c4nc(SC)[nH]c(=O)c4C#N)ccc3OC)[nH]c2c1. The van der Waals surface area contributed by atoms with Crippen molar-refractivity contribution < 1.29 is 9.47 Å². The van der Waals surface area contributed by atoms with Gasteiger partial charge in [-0.3, -0.25) is 4.79 Å². The van der Waals surface area contributed by atoms with Crippen LogP contribution in [0.3, 0.4) is 0 Å². The van der Waals surface area contributed by atoms with Gasteiger partial charge in [-0.05, 0) is 36.6 Å². The van der Waals surface area contributed by atoms with Crippen molar-refractivity contribution in [1.82, 2.24) is 19.9 Å². The highest BCUT2D eigenvalue weighted by atomic mass is 32.2. The Balaban J connectivity index is 1.67. The molecule has 10 heteroatoms. The Bertz CT molecular complexity index is 1390. The van der Waals surface area contributed by atoms with E-state index in [9.17, 15) is 10.1 Å². The molecular formula is C22H19N5O3S2. The average molecular weight is 466 g/mol. The second-order valence-electron chi connectivity index (χ2n) is 6.65. The quantitative estimate of drug-likeness (QED) is 0.308. The van der Waals surface area contributed by atoms with Gasteiger partial charge in [0.05, 0.1) is 30.9 Å². The Kier molecular flexibility index (Phi) is 6.39. The summed E-state index contributed by atoms with van der Waals surface area (Å²) in [6.07, 6.45) is 1.81. The van der Waals surface area contributed by atoms with Crippen molar-refractivity contribution in [2.45, 2.75) is 16.1 Å². The lowest BCUT2D eigenvalue weighted by Gasteiger charge is -2.11. The molecule has 2 heterocycles. The summed E-state index contributed by atoms with van der Waals surface area (Å²) in [4.78, 5) is 27.3. The van der Waals surface area contributed by atoms with E-state index in [-0.39, 0.29) is 5.56 Å². The highest BCUT2D eigenvalue weighted by molar-refractivity contribution is 7.98. The van der Waals surface area contributed by atoms with Gasteiger partial charge in [-0.15, -0.1) is 0 Å². The summed E-state index contributed by atoms with van der Waals surface area (Å²) in [5, 5.41) is 10.7. The van der Waals surface area contributed by atoms with E-state index >= 15 is 0 Å². The zero-order chi connectivity index (χ0) is 22.7. The first-order chi connectivity index (χ1) is 15.6. The average Bonchev–Trinajstić information content (AvgIpc) is 3.24. The number of methoxy groups -OCH3 is 2. The Labute approximate surface area is 192 Å². The van der Waals surface area contributed by atoms with E-state index in [0.29, 0.717) is 27.9 Å². The highest BCUT2D eigenvalue weighted by Crippen LogP contribution is 2.32. The topological polar surface area (TPSA) is 117 Å². The minimum absolute atomic E-state index is 0.0159. The van der Waals surface area contributed by atoms with Crippen LogP contribution in [0.4, 0.5) is 0 Å². The molecule has 2 N–H and O–H groups in total. The molecule has 32 heavy (non-hydrogen) atoms. The number of fused-ring (bicyclic) bond motifs is 1. The zero-order valence-electron chi connectivity index (χ0n) is 17.6. The van der Waals surface area contributed by atoms with Crippen LogP contribution in [0.1, 0.15) is 11.1 Å². The molecule has 0 saturated heterocycles. The molecule has 0 spiro atoms. The molecule has 0 fully saturated rings. The third kappa shape index (κ3) is 4.30. The van der Waals surface area contributed by atoms with E-state index < -0.39 is 5.56 Å². The Morgan fingerprint density at radius 2 is 1.91 bits per heavy atom. The first-order valence-corrected chi connectivity index (χ1v) is 11.7. The van der Waals surface area contributed by atoms with E-state index in [1.54, 1.807) is 20.3 Å². The van der Waals surface area contributed by atoms with Gasteiger partial charge in [-0.1, -0.05) is 23.5 Å². The standard InChI is InChI=1S/C22H19N5O3S2/c1-29-14-5-6-16-17(9-14)25-22(24-16)32-11-13-8-12(4-7-18(13)30-2)19-15(10-23)20(28)27-21(26-19)31-3/h4-9H,11H2,1-3H3,(H,24,25)(H,26,27,28). The van der Waals surface area contributed by atoms with Crippen LogP contribution in [-0.2, 0) is 5.75 Å². The van der Waals surface area contributed by atoms with Gasteiger partial charge in [-0.2, -0.15) is 5.26 Å². The molecule has 0 aliphatic heterocycles. The Morgan fingerprint density at radius 3 is 2.62 bits per heavy atom. The molecule has 0 aliphatic rings. The molecule has 0 aliphatic carbocycles. The van der Waals surface area contributed by atoms with Gasteiger partial charge in [0.1, 0.15) is 23.1 Å². The molecule has 0 radical (unpaired) electrons. The molecule has 2 aromatic carbocycles. The monoisotopic (exact) mass is 465 g/mol. The molecule has 0 atom stereocenters. The van der Waals surface area contributed by atoms with Crippen molar-refractivity contribution in [3.8, 4) is 28.8 Å². The van der Waals surface area contributed by atoms with E-state index in [1.165, 1.54) is 23.5 Å². The molecule has 0 amide bonds. The van der Waals surface area contributed by atoms with Crippen molar-refractivity contribution in [2.75, 3.05) is 20.5 Å². The number of ether oxygens (including phenoxy) is 2. The molecule has 4 aromatic rings. The van der Waals surface area contributed by atoms with Crippen LogP contribution in [0.15, 0.2) is 51.5 Å². The summed E-state index contributed by atoms with van der Waals surface area (Å²) in [6, 6.07) is 13.2. The van der Waals surface area contributed by atoms with Crippen LogP contribution < -0.4 is 15.0 Å². The van der Waals surface area contributed by atoms with E-state index in [0.717, 1.165) is 27.5 Å². The minimum atomic E-state index is -0.453. The van der Waals surface area contributed by atoms with Gasteiger partial charge >= 0.3 is 0 Å². The zero-order valence-corrected chi connectivity index (χ0v) is 19.2. The molecule has 0 bridgehead atoms. The number of H-pyrrole nitrogens is 2. The fourth-order valence-corrected chi connectivity index (χ4v) is 4.45. The summed E-state index contributed by atoms with van der Waals surface area (Å²) in [7, 11) is 3.23. The van der Waals surface area contributed by atoms with Gasteiger partial charge in [0.25, 0.3) is 5.56 Å². The highest BCUT2D eigenvalue weighted by Gasteiger charge is 2.16. The number of nitrogens with zero attached hydrogens (tertiary/aromatic N) is 3. The molecule has 162 valence electrons. The number of rotatable bonds is 7. The van der Waals surface area contributed by atoms with E-state index in [2.05, 4.69) is 19.9 Å². The van der Waals surface area contributed by atoms with Gasteiger partial charge < -0.3 is 19.4 Å². The van der Waals surface area contributed by atoms with Gasteiger partial charge in [0.2, 0.25) is 0 Å². The Morgan fingerprint density at radius 1 is 1.06 bits per heavy atom. The lowest BCUT2D eigenvalue weighted by molar-refractivity contribution is 0.411. The van der Waals surface area contributed by atoms with Crippen molar-refractivity contribution in [1.29, 1.82) is 5.26 Å². The maximum Gasteiger partial charge on any atom is 0.270 e. The number of imidazole rings is 1. The van der Waals surface area contributed by atoms with Crippen LogP contribution in [0.5, 0.6) is 11.5 Å². The predicted octanol–water partition coefficient (Wildman–Crippen LogP) is 4.22. The Hall–Kier alpha value is -3.42. The minimum Gasteiger partial charge on any atom is -0.497 e. The van der Waals surface area contributed by atoms with Crippen LogP contribution in [-0.4, -0.2) is 40.4 Å². The van der Waals surface area contributed by atoms with Gasteiger partial charge in [0.15, 0.2) is 10.3 Å². The normalized spacial score (nSPS) is 10.8. The number of hydrogen-bond donors (Lipinski definition) is 2. The smallest absolute Gasteiger partial charge is 0.270 e. The summed E-state index contributed by atoms with van der Waals surface area (Å²) >= 11 is 2.83. The molecule has 0 unspecified atom stereocenters. The van der Waals surface area contributed by atoms with Crippen molar-refractivity contribution in [3.05, 3.63) is 57.9 Å². The number of thioether (sulfide) groups is 2. The van der Waals surface area contributed by atoms with Crippen molar-refractivity contribution >= 4 is 34.6 Å². The maximum absolute atomic E-state index is 12.3. The van der Waals surface area contributed by atoms with Gasteiger partial charge in [0, 0.05) is 22.9 Å². The maximum atomic E-state index is 12.3. The summed E-state index contributed by atoms with van der Waals surface area (Å²) in [5.41, 5.74) is 3.20. The summed E-state index contributed by atoms with van der Waals surface area (Å²) in [6.45, 7) is 0. The number of benzene rings is 2. The van der Waals surface area contributed by atoms with Crippen LogP contribution in [0.2, 0.25) is 0 Å². The third-order valence-electron chi connectivity index (χ3n) is 4.79. The number of nitriles is 1. The number of nitrogens with one attached hydrogen (secondary N) is 2. The summed E-state index contributed by atoms with van der Waals surface area (Å²) < 4.78 is 10.8. The van der Waals surface area contributed by atoms with E-state index in [4.69, 9.17) is 9.47 Å². The third-order valence-corrected chi connectivity index (χ3v) is 6.29. The molecule has 4 rings (SSSR count). The van der Waals surface area contributed by atoms with Crippen molar-refractivity contribution in [3.63, 3.8) is 0 Å². The first-order valence-electron chi connectivity index (χ1n) is 9.48. The van der Waals surface area contributed by atoms with Gasteiger partial charge in [-0.25, -0.2) is 9.97 Å². The van der Waals surface area contributed by atoms with Crippen LogP contribution in [0, 0.1) is 11.3 Å². The second kappa shape index (κ2) is 9.38. The predicted molar refractivity (Wildman–Crippen MR) is 126 cm³/mol. The van der Waals surface area contributed by atoms with Crippen LogP contribution >= 0.6 is 23.5 Å². The first kappa shape index (κ1) is 21.8. The summed E-state index contributed by atoms with van der Waals surface area (Å²) in [5.74, 6) is 2.02. The fraction of sp³-hybridized carbons (Fsp3) is 0.182. The van der Waals surface area contributed by atoms with E-state index in [1.807, 2.05) is 42.7 Å². The fourth-order valence-electron chi connectivity index (χ4n) is 3.21. The lowest BCUT2D eigenvalue weighted by Crippen LogP contribution is -2.14. The number of hydrogen-bond acceptors (Lipinski definition) is 8.